The second-order valence-electron chi connectivity index (χ2n) is 7.60. The maximum absolute atomic E-state index is 13.2. The third-order valence-corrected chi connectivity index (χ3v) is 8.98. The average molecular weight is 498 g/mol. The molecule has 10 nitrogen and oxygen atoms in total. The van der Waals surface area contributed by atoms with Gasteiger partial charge >= 0.3 is 0 Å². The van der Waals surface area contributed by atoms with Crippen molar-refractivity contribution in [2.75, 3.05) is 52.8 Å². The molecule has 0 atom stereocenters. The van der Waals surface area contributed by atoms with Gasteiger partial charge in [-0.3, -0.25) is 4.79 Å². The number of carbonyl (C=O) groups is 1. The molecular formula is C21H27N3O7S2. The second kappa shape index (κ2) is 9.77. The lowest BCUT2D eigenvalue weighted by atomic mass is 10.1. The number of hydrogen-bond acceptors (Lipinski definition) is 7. The molecule has 1 aliphatic heterocycles. The van der Waals surface area contributed by atoms with E-state index in [9.17, 15) is 21.6 Å². The van der Waals surface area contributed by atoms with E-state index in [4.69, 9.17) is 9.47 Å². The summed E-state index contributed by atoms with van der Waals surface area (Å²) in [4.78, 5) is 12.9. The summed E-state index contributed by atoms with van der Waals surface area (Å²) in [7, 11) is -3.42. The number of hydrogen-bond donors (Lipinski definition) is 1. The molecule has 12 heteroatoms. The van der Waals surface area contributed by atoms with Gasteiger partial charge in [0.1, 0.15) is 10.6 Å². The van der Waals surface area contributed by atoms with Gasteiger partial charge in [0.15, 0.2) is 0 Å². The first kappa shape index (κ1) is 25.1. The largest absolute Gasteiger partial charge is 0.495 e. The van der Waals surface area contributed by atoms with Gasteiger partial charge in [-0.25, -0.2) is 21.1 Å². The van der Waals surface area contributed by atoms with Crippen LogP contribution in [0.5, 0.6) is 5.75 Å². The van der Waals surface area contributed by atoms with Gasteiger partial charge in [0.05, 0.1) is 25.2 Å². The van der Waals surface area contributed by atoms with Gasteiger partial charge in [0, 0.05) is 38.4 Å². The van der Waals surface area contributed by atoms with Gasteiger partial charge in [0.2, 0.25) is 20.0 Å². The maximum atomic E-state index is 13.2. The molecule has 0 radical (unpaired) electrons. The van der Waals surface area contributed by atoms with Crippen LogP contribution in [-0.4, -0.2) is 78.9 Å². The molecule has 0 saturated carbocycles. The smallest absolute Gasteiger partial charge is 0.255 e. The van der Waals surface area contributed by atoms with Crippen LogP contribution in [0.2, 0.25) is 0 Å². The van der Waals surface area contributed by atoms with Gasteiger partial charge < -0.3 is 14.8 Å². The number of rotatable bonds is 7. The molecule has 0 spiro atoms. The Bertz CT molecular complexity index is 1250. The number of aryl methyl sites for hydroxylation is 1. The number of benzene rings is 2. The van der Waals surface area contributed by atoms with Crippen molar-refractivity contribution in [3.63, 3.8) is 0 Å². The van der Waals surface area contributed by atoms with E-state index in [1.807, 2.05) is 0 Å². The van der Waals surface area contributed by atoms with Crippen LogP contribution >= 0.6 is 0 Å². The number of amides is 1. The molecule has 2 aromatic carbocycles. The number of sulfonamides is 2. The molecule has 1 fully saturated rings. The first-order valence-corrected chi connectivity index (χ1v) is 13.0. The van der Waals surface area contributed by atoms with E-state index in [2.05, 4.69) is 5.32 Å². The van der Waals surface area contributed by atoms with E-state index in [0.717, 1.165) is 4.31 Å². The predicted molar refractivity (Wildman–Crippen MR) is 123 cm³/mol. The Morgan fingerprint density at radius 2 is 1.73 bits per heavy atom. The molecule has 2 aromatic rings. The lowest BCUT2D eigenvalue weighted by Gasteiger charge is -2.26. The molecule has 0 unspecified atom stereocenters. The highest BCUT2D eigenvalue weighted by molar-refractivity contribution is 7.89. The Morgan fingerprint density at radius 1 is 1.06 bits per heavy atom. The number of morpholine rings is 1. The van der Waals surface area contributed by atoms with Crippen molar-refractivity contribution in [1.29, 1.82) is 0 Å². The van der Waals surface area contributed by atoms with Gasteiger partial charge in [-0.2, -0.15) is 4.31 Å². The number of carbonyl (C=O) groups excluding carboxylic acids is 1. The Kier molecular flexibility index (Phi) is 7.44. The molecule has 0 bridgehead atoms. The molecule has 180 valence electrons. The Morgan fingerprint density at radius 3 is 2.33 bits per heavy atom. The first-order chi connectivity index (χ1) is 15.5. The van der Waals surface area contributed by atoms with Crippen molar-refractivity contribution < 1.29 is 31.1 Å². The Labute approximate surface area is 194 Å². The summed E-state index contributed by atoms with van der Waals surface area (Å²) >= 11 is 0. The zero-order chi connectivity index (χ0) is 24.4. The summed E-state index contributed by atoms with van der Waals surface area (Å²) in [5, 5.41) is 2.68. The fraction of sp³-hybridized carbons (Fsp3) is 0.381. The summed E-state index contributed by atoms with van der Waals surface area (Å²) in [5.74, 6) is -0.466. The highest BCUT2D eigenvalue weighted by atomic mass is 32.2. The van der Waals surface area contributed by atoms with E-state index in [-0.39, 0.29) is 47.4 Å². The minimum atomic E-state index is -3.91. The van der Waals surface area contributed by atoms with Gasteiger partial charge in [-0.1, -0.05) is 6.07 Å². The molecule has 1 N–H and O–H groups in total. The van der Waals surface area contributed by atoms with E-state index in [1.165, 1.54) is 55.8 Å². The standard InChI is InChI=1S/C21H27N3O7S2/c1-15-5-7-17(32(26,27)23(2)3)14-18(15)22-21(25)16-6-8-19(30-4)20(13-16)33(28,29)24-9-11-31-12-10-24/h5-8,13-14H,9-12H2,1-4H3,(H,22,25). The van der Waals surface area contributed by atoms with Crippen molar-refractivity contribution in [1.82, 2.24) is 8.61 Å². The van der Waals surface area contributed by atoms with E-state index < -0.39 is 26.0 Å². The summed E-state index contributed by atoms with van der Waals surface area (Å²) in [5.41, 5.74) is 1.04. The maximum Gasteiger partial charge on any atom is 0.255 e. The number of anilines is 1. The lowest BCUT2D eigenvalue weighted by molar-refractivity contribution is 0.0729. The number of nitrogens with one attached hydrogen (secondary N) is 1. The van der Waals surface area contributed by atoms with Gasteiger partial charge in [0.25, 0.3) is 5.91 Å². The normalized spacial score (nSPS) is 15.4. The SMILES string of the molecule is COc1ccc(C(=O)Nc2cc(S(=O)(=O)N(C)C)ccc2C)cc1S(=O)(=O)N1CCOCC1. The van der Waals surface area contributed by atoms with Crippen molar-refractivity contribution in [3.05, 3.63) is 47.5 Å². The molecule has 0 aromatic heterocycles. The number of ether oxygens (including phenoxy) is 2. The summed E-state index contributed by atoms with van der Waals surface area (Å²) in [6.07, 6.45) is 0. The predicted octanol–water partition coefficient (Wildman–Crippen LogP) is 1.53. The fourth-order valence-electron chi connectivity index (χ4n) is 3.25. The second-order valence-corrected chi connectivity index (χ2v) is 11.7. The van der Waals surface area contributed by atoms with Crippen LogP contribution in [0.4, 0.5) is 5.69 Å². The van der Waals surface area contributed by atoms with Crippen LogP contribution in [0.25, 0.3) is 0 Å². The third kappa shape index (κ3) is 5.20. The van der Waals surface area contributed by atoms with Crippen LogP contribution in [0.3, 0.4) is 0 Å². The third-order valence-electron chi connectivity index (χ3n) is 5.25. The van der Waals surface area contributed by atoms with Crippen molar-refractivity contribution in [3.8, 4) is 5.75 Å². The van der Waals surface area contributed by atoms with Gasteiger partial charge in [-0.05, 0) is 42.8 Å². The zero-order valence-electron chi connectivity index (χ0n) is 18.9. The molecular weight excluding hydrogens is 470 g/mol. The van der Waals surface area contributed by atoms with Crippen molar-refractivity contribution in [2.24, 2.45) is 0 Å². The molecule has 1 amide bonds. The molecule has 1 heterocycles. The van der Waals surface area contributed by atoms with E-state index >= 15 is 0 Å². The van der Waals surface area contributed by atoms with Crippen LogP contribution in [0, 0.1) is 6.92 Å². The Balaban J connectivity index is 1.95. The van der Waals surface area contributed by atoms with Crippen LogP contribution in [0.1, 0.15) is 15.9 Å². The quantitative estimate of drug-likeness (QED) is 0.615. The van der Waals surface area contributed by atoms with Crippen LogP contribution < -0.4 is 10.1 Å². The van der Waals surface area contributed by atoms with E-state index in [0.29, 0.717) is 11.3 Å². The minimum Gasteiger partial charge on any atom is -0.495 e. The van der Waals surface area contributed by atoms with Crippen molar-refractivity contribution in [2.45, 2.75) is 16.7 Å². The van der Waals surface area contributed by atoms with Crippen LogP contribution in [0.15, 0.2) is 46.2 Å². The van der Waals surface area contributed by atoms with E-state index in [1.54, 1.807) is 13.0 Å². The molecule has 1 saturated heterocycles. The summed E-state index contributed by atoms with van der Waals surface area (Å²) in [6.45, 7) is 2.70. The topological polar surface area (TPSA) is 122 Å². The monoisotopic (exact) mass is 497 g/mol. The first-order valence-electron chi connectivity index (χ1n) is 10.1. The van der Waals surface area contributed by atoms with Gasteiger partial charge in [-0.15, -0.1) is 0 Å². The molecule has 1 aliphatic rings. The van der Waals surface area contributed by atoms with Crippen molar-refractivity contribution >= 4 is 31.6 Å². The average Bonchev–Trinajstić information content (AvgIpc) is 2.80. The minimum absolute atomic E-state index is 0.0266. The summed E-state index contributed by atoms with van der Waals surface area (Å²) < 4.78 is 64.0. The van der Waals surface area contributed by atoms with Crippen LogP contribution in [-0.2, 0) is 24.8 Å². The number of nitrogens with zero attached hydrogens (tertiary/aromatic N) is 2. The number of methoxy groups -OCH3 is 1. The fourth-order valence-corrected chi connectivity index (χ4v) is 5.77. The molecule has 0 aliphatic carbocycles. The molecule has 33 heavy (non-hydrogen) atoms. The highest BCUT2D eigenvalue weighted by Crippen LogP contribution is 2.29. The highest BCUT2D eigenvalue weighted by Gasteiger charge is 2.30. The molecule has 3 rings (SSSR count). The Hall–Kier alpha value is -2.51. The summed E-state index contributed by atoms with van der Waals surface area (Å²) in [6, 6.07) is 8.55. The lowest BCUT2D eigenvalue weighted by Crippen LogP contribution is -2.40. The zero-order valence-corrected chi connectivity index (χ0v) is 20.5.